The molecule has 0 heterocycles. The Bertz CT molecular complexity index is 663. The average molecular weight is 324 g/mol. The lowest BCUT2D eigenvalue weighted by Crippen LogP contribution is -2.25. The van der Waals surface area contributed by atoms with Crippen LogP contribution < -0.4 is 11.5 Å². The van der Waals surface area contributed by atoms with Gasteiger partial charge in [0.1, 0.15) is 6.61 Å². The molecule has 0 saturated carbocycles. The van der Waals surface area contributed by atoms with Crippen LogP contribution in [0, 0.1) is 5.92 Å². The number of ether oxygens (including phenoxy) is 1. The third-order valence-electron chi connectivity index (χ3n) is 4.72. The van der Waals surface area contributed by atoms with Crippen LogP contribution in [0.3, 0.4) is 0 Å². The normalized spacial score (nSPS) is 13.0. The van der Waals surface area contributed by atoms with Gasteiger partial charge in [-0.15, -0.1) is 0 Å². The predicted octanol–water partition coefficient (Wildman–Crippen LogP) is 2.66. The monoisotopic (exact) mass is 324 g/mol. The van der Waals surface area contributed by atoms with E-state index in [9.17, 15) is 4.79 Å². The molecule has 0 bridgehead atoms. The maximum Gasteiger partial charge on any atom is 0.309 e. The molecule has 0 radical (unpaired) electrons. The summed E-state index contributed by atoms with van der Waals surface area (Å²) in [6, 6.07) is 16.6. The van der Waals surface area contributed by atoms with Crippen molar-refractivity contribution < 1.29 is 9.53 Å². The number of carbonyl (C=O) groups is 1. The molecule has 0 aliphatic heterocycles. The first-order valence-corrected chi connectivity index (χ1v) is 8.51. The summed E-state index contributed by atoms with van der Waals surface area (Å²) in [6.45, 7) is 1.29. The molecule has 1 aliphatic carbocycles. The third kappa shape index (κ3) is 3.21. The van der Waals surface area contributed by atoms with Crippen molar-refractivity contribution in [1.82, 2.24) is 0 Å². The van der Waals surface area contributed by atoms with Crippen molar-refractivity contribution in [2.75, 3.05) is 19.7 Å². The number of fused-ring (bicyclic) bond motifs is 3. The van der Waals surface area contributed by atoms with E-state index >= 15 is 0 Å². The van der Waals surface area contributed by atoms with Gasteiger partial charge in [-0.25, -0.2) is 0 Å². The van der Waals surface area contributed by atoms with E-state index in [0.717, 1.165) is 0 Å². The molecule has 0 fully saturated rings. The highest BCUT2D eigenvalue weighted by atomic mass is 16.5. The van der Waals surface area contributed by atoms with Crippen molar-refractivity contribution in [2.24, 2.45) is 17.4 Å². The van der Waals surface area contributed by atoms with Gasteiger partial charge in [0, 0.05) is 5.92 Å². The molecule has 3 rings (SSSR count). The molecule has 4 N–H and O–H groups in total. The van der Waals surface area contributed by atoms with E-state index in [-0.39, 0.29) is 17.8 Å². The molecule has 4 heteroatoms. The molecule has 2 aromatic rings. The zero-order chi connectivity index (χ0) is 16.9. The molecule has 0 atom stereocenters. The number of hydrogen-bond acceptors (Lipinski definition) is 4. The predicted molar refractivity (Wildman–Crippen MR) is 95.5 cm³/mol. The van der Waals surface area contributed by atoms with Crippen LogP contribution in [-0.4, -0.2) is 25.7 Å². The number of rotatable bonds is 7. The fourth-order valence-electron chi connectivity index (χ4n) is 3.51. The van der Waals surface area contributed by atoms with Crippen LogP contribution in [0.2, 0.25) is 0 Å². The van der Waals surface area contributed by atoms with Gasteiger partial charge in [0.25, 0.3) is 0 Å². The van der Waals surface area contributed by atoms with Gasteiger partial charge in [0.2, 0.25) is 0 Å². The van der Waals surface area contributed by atoms with Crippen LogP contribution in [0.1, 0.15) is 29.9 Å². The van der Waals surface area contributed by atoms with Gasteiger partial charge in [0.05, 0.1) is 5.92 Å². The topological polar surface area (TPSA) is 78.3 Å². The molecule has 24 heavy (non-hydrogen) atoms. The zero-order valence-electron chi connectivity index (χ0n) is 13.8. The van der Waals surface area contributed by atoms with Crippen molar-refractivity contribution in [2.45, 2.75) is 18.8 Å². The number of nitrogens with two attached hydrogens (primary N) is 2. The van der Waals surface area contributed by atoms with Gasteiger partial charge in [-0.2, -0.15) is 0 Å². The Morgan fingerprint density at radius 1 is 0.917 bits per heavy atom. The van der Waals surface area contributed by atoms with Crippen LogP contribution in [-0.2, 0) is 9.53 Å². The Morgan fingerprint density at radius 2 is 1.42 bits per heavy atom. The lowest BCUT2D eigenvalue weighted by atomic mass is 9.97. The van der Waals surface area contributed by atoms with Gasteiger partial charge >= 0.3 is 5.97 Å². The molecular weight excluding hydrogens is 300 g/mol. The lowest BCUT2D eigenvalue weighted by Gasteiger charge is -2.18. The summed E-state index contributed by atoms with van der Waals surface area (Å²) >= 11 is 0. The second-order valence-corrected chi connectivity index (χ2v) is 6.21. The summed E-state index contributed by atoms with van der Waals surface area (Å²) in [5, 5.41) is 0. The Balaban J connectivity index is 1.77. The highest BCUT2D eigenvalue weighted by Crippen LogP contribution is 2.44. The molecule has 4 nitrogen and oxygen atoms in total. The smallest absolute Gasteiger partial charge is 0.309 e. The molecule has 1 aliphatic rings. The molecule has 126 valence electrons. The summed E-state index contributed by atoms with van der Waals surface area (Å²) < 4.78 is 5.66. The SMILES string of the molecule is NCCC(CCN)C(=O)OCC1c2ccccc2-c2ccccc21. The minimum atomic E-state index is -0.202. The van der Waals surface area contributed by atoms with E-state index < -0.39 is 0 Å². The molecule has 0 spiro atoms. The van der Waals surface area contributed by atoms with Crippen molar-refractivity contribution in [3.63, 3.8) is 0 Å². The van der Waals surface area contributed by atoms with E-state index in [1.165, 1.54) is 22.3 Å². The lowest BCUT2D eigenvalue weighted by molar-refractivity contribution is -0.149. The number of carbonyl (C=O) groups excluding carboxylic acids is 1. The molecule has 0 amide bonds. The Labute approximate surface area is 142 Å². The quantitative estimate of drug-likeness (QED) is 0.768. The van der Waals surface area contributed by atoms with E-state index in [0.29, 0.717) is 32.5 Å². The molecule has 0 aromatic heterocycles. The summed E-state index contributed by atoms with van der Waals surface area (Å²) in [7, 11) is 0. The van der Waals surface area contributed by atoms with Crippen molar-refractivity contribution in [1.29, 1.82) is 0 Å². The summed E-state index contributed by atoms with van der Waals surface area (Å²) in [5.41, 5.74) is 16.1. The minimum absolute atomic E-state index is 0.0951. The van der Waals surface area contributed by atoms with E-state index in [1.807, 2.05) is 24.3 Å². The Kier molecular flexibility index (Phi) is 5.28. The Hall–Kier alpha value is -2.17. The van der Waals surface area contributed by atoms with Crippen LogP contribution >= 0.6 is 0 Å². The second-order valence-electron chi connectivity index (χ2n) is 6.21. The van der Waals surface area contributed by atoms with Crippen LogP contribution in [0.4, 0.5) is 0 Å². The molecular formula is C20H24N2O2. The average Bonchev–Trinajstić information content (AvgIpc) is 2.93. The second kappa shape index (κ2) is 7.60. The Morgan fingerprint density at radius 3 is 1.92 bits per heavy atom. The maximum atomic E-state index is 12.4. The minimum Gasteiger partial charge on any atom is -0.464 e. The first kappa shape index (κ1) is 16.7. The fourth-order valence-corrected chi connectivity index (χ4v) is 3.51. The number of hydrogen-bond donors (Lipinski definition) is 2. The fraction of sp³-hybridized carbons (Fsp3) is 0.350. The van der Waals surface area contributed by atoms with E-state index in [4.69, 9.17) is 16.2 Å². The zero-order valence-corrected chi connectivity index (χ0v) is 13.8. The number of esters is 1. The summed E-state index contributed by atoms with van der Waals surface area (Å²) in [6.07, 6.45) is 1.24. The molecule has 0 unspecified atom stereocenters. The number of benzene rings is 2. The van der Waals surface area contributed by atoms with E-state index in [2.05, 4.69) is 24.3 Å². The molecule has 0 saturated heterocycles. The van der Waals surface area contributed by atoms with Gasteiger partial charge in [-0.3, -0.25) is 4.79 Å². The van der Waals surface area contributed by atoms with Crippen molar-refractivity contribution >= 4 is 5.97 Å². The van der Waals surface area contributed by atoms with Gasteiger partial charge in [0.15, 0.2) is 0 Å². The summed E-state index contributed by atoms with van der Waals surface area (Å²) in [4.78, 5) is 12.4. The highest BCUT2D eigenvalue weighted by molar-refractivity contribution is 5.79. The maximum absolute atomic E-state index is 12.4. The first-order valence-electron chi connectivity index (χ1n) is 8.51. The van der Waals surface area contributed by atoms with Crippen molar-refractivity contribution in [3.8, 4) is 11.1 Å². The standard InChI is InChI=1S/C20H24N2O2/c21-11-9-14(10-12-22)20(23)24-13-19-17-7-3-1-5-15(17)16-6-2-4-8-18(16)19/h1-8,14,19H,9-13,21-22H2. The van der Waals surface area contributed by atoms with Gasteiger partial charge < -0.3 is 16.2 Å². The van der Waals surface area contributed by atoms with Gasteiger partial charge in [-0.05, 0) is 48.2 Å². The van der Waals surface area contributed by atoms with E-state index in [1.54, 1.807) is 0 Å². The van der Waals surface area contributed by atoms with Crippen LogP contribution in [0.25, 0.3) is 11.1 Å². The first-order chi connectivity index (χ1) is 11.8. The summed E-state index contributed by atoms with van der Waals surface area (Å²) in [5.74, 6) is -0.294. The van der Waals surface area contributed by atoms with Crippen molar-refractivity contribution in [3.05, 3.63) is 59.7 Å². The van der Waals surface area contributed by atoms with Gasteiger partial charge in [-0.1, -0.05) is 48.5 Å². The molecule has 2 aromatic carbocycles. The van der Waals surface area contributed by atoms with Crippen LogP contribution in [0.15, 0.2) is 48.5 Å². The van der Waals surface area contributed by atoms with Crippen LogP contribution in [0.5, 0.6) is 0 Å². The third-order valence-corrected chi connectivity index (χ3v) is 4.72. The largest absolute Gasteiger partial charge is 0.464 e. The highest BCUT2D eigenvalue weighted by Gasteiger charge is 2.29.